The Labute approximate surface area is 116 Å². The quantitative estimate of drug-likeness (QED) is 0.744. The molecule has 1 aromatic heterocycles. The van der Waals surface area contributed by atoms with Gasteiger partial charge in [0.05, 0.1) is 6.61 Å². The molecular weight excluding hydrogens is 240 g/mol. The Morgan fingerprint density at radius 1 is 1.32 bits per heavy atom. The summed E-state index contributed by atoms with van der Waals surface area (Å²) in [4.78, 5) is 11.1. The Hall–Kier alpha value is -1.36. The van der Waals surface area contributed by atoms with Crippen molar-refractivity contribution >= 4 is 11.8 Å². The lowest BCUT2D eigenvalue weighted by atomic mass is 10.1. The van der Waals surface area contributed by atoms with Crippen molar-refractivity contribution in [2.24, 2.45) is 0 Å². The fourth-order valence-electron chi connectivity index (χ4n) is 2.16. The summed E-state index contributed by atoms with van der Waals surface area (Å²) >= 11 is 0. The zero-order valence-electron chi connectivity index (χ0n) is 12.5. The maximum Gasteiger partial charge on any atom is 0.224 e. The Kier molecular flexibility index (Phi) is 7.18. The summed E-state index contributed by atoms with van der Waals surface area (Å²) in [6, 6.07) is 2.45. The first-order valence-corrected chi connectivity index (χ1v) is 7.09. The molecule has 0 fully saturated rings. The molecule has 0 saturated carbocycles. The van der Waals surface area contributed by atoms with Crippen LogP contribution in [0.15, 0.2) is 12.3 Å². The van der Waals surface area contributed by atoms with Crippen molar-refractivity contribution in [2.75, 3.05) is 37.0 Å². The molecule has 0 aromatic carbocycles. The van der Waals surface area contributed by atoms with E-state index >= 15 is 0 Å². The number of hydrogen-bond donors (Lipinski definition) is 1. The first-order chi connectivity index (χ1) is 9.26. The summed E-state index contributed by atoms with van der Waals surface area (Å²) in [6.07, 6.45) is 4.00. The largest absolute Gasteiger partial charge is 0.383 e. The summed E-state index contributed by atoms with van der Waals surface area (Å²) in [6.45, 7) is 8.84. The molecule has 0 aliphatic rings. The van der Waals surface area contributed by atoms with Gasteiger partial charge in [0, 0.05) is 32.4 Å². The number of anilines is 2. The van der Waals surface area contributed by atoms with Crippen molar-refractivity contribution < 1.29 is 4.74 Å². The summed E-state index contributed by atoms with van der Waals surface area (Å²) < 4.78 is 5.21. The monoisotopic (exact) mass is 266 g/mol. The second-order valence-electron chi connectivity index (χ2n) is 4.43. The smallest absolute Gasteiger partial charge is 0.224 e. The van der Waals surface area contributed by atoms with E-state index in [4.69, 9.17) is 4.74 Å². The maximum atomic E-state index is 5.21. The molecule has 0 aliphatic heterocycles. The highest BCUT2D eigenvalue weighted by Crippen LogP contribution is 2.18. The average Bonchev–Trinajstić information content (AvgIpc) is 2.44. The fourth-order valence-corrected chi connectivity index (χ4v) is 2.16. The van der Waals surface area contributed by atoms with Gasteiger partial charge < -0.3 is 15.0 Å². The van der Waals surface area contributed by atoms with Crippen LogP contribution in [0.5, 0.6) is 0 Å². The number of nitrogens with zero attached hydrogens (tertiary/aromatic N) is 3. The van der Waals surface area contributed by atoms with Crippen LogP contribution in [0.25, 0.3) is 0 Å². The van der Waals surface area contributed by atoms with Gasteiger partial charge in [0.2, 0.25) is 5.95 Å². The number of rotatable bonds is 9. The van der Waals surface area contributed by atoms with E-state index in [2.05, 4.69) is 34.0 Å². The van der Waals surface area contributed by atoms with Crippen molar-refractivity contribution in [2.45, 2.75) is 39.7 Å². The molecule has 0 bridgehead atoms. The minimum atomic E-state index is 0.486. The van der Waals surface area contributed by atoms with Crippen molar-refractivity contribution in [3.05, 3.63) is 12.3 Å². The molecule has 1 rings (SSSR count). The van der Waals surface area contributed by atoms with Crippen molar-refractivity contribution in [3.63, 3.8) is 0 Å². The third kappa shape index (κ3) is 4.67. The molecule has 0 atom stereocenters. The summed E-state index contributed by atoms with van der Waals surface area (Å²) in [7, 11) is 1.73. The minimum absolute atomic E-state index is 0.486. The lowest BCUT2D eigenvalue weighted by molar-refractivity contribution is 0.202. The van der Waals surface area contributed by atoms with Crippen LogP contribution >= 0.6 is 0 Å². The molecule has 0 radical (unpaired) electrons. The molecule has 5 nitrogen and oxygen atoms in total. The molecule has 1 N–H and O–H groups in total. The van der Waals surface area contributed by atoms with E-state index in [0.29, 0.717) is 18.6 Å². The van der Waals surface area contributed by atoms with E-state index in [1.54, 1.807) is 7.11 Å². The van der Waals surface area contributed by atoms with Gasteiger partial charge in [-0.3, -0.25) is 0 Å². The normalized spacial score (nSPS) is 10.8. The molecule has 0 unspecified atom stereocenters. The van der Waals surface area contributed by atoms with Crippen LogP contribution in [0, 0.1) is 0 Å². The standard InChI is InChI=1S/C14H26N4O/c1-5-12(6-2)18(10-11-19-4)13-8-9-16-14(17-13)15-7-3/h8-9,12H,5-7,10-11H2,1-4H3,(H,15,16,17). The molecule has 0 spiro atoms. The van der Waals surface area contributed by atoms with Crippen LogP contribution < -0.4 is 10.2 Å². The Morgan fingerprint density at radius 3 is 2.63 bits per heavy atom. The second kappa shape index (κ2) is 8.69. The highest BCUT2D eigenvalue weighted by atomic mass is 16.5. The highest BCUT2D eigenvalue weighted by molar-refractivity contribution is 5.43. The first kappa shape index (κ1) is 15.7. The van der Waals surface area contributed by atoms with Gasteiger partial charge in [0.25, 0.3) is 0 Å². The molecule has 0 aliphatic carbocycles. The Bertz CT molecular complexity index is 355. The number of aromatic nitrogens is 2. The SMILES string of the molecule is CCNc1nccc(N(CCOC)C(CC)CC)n1. The number of methoxy groups -OCH3 is 1. The van der Waals surface area contributed by atoms with Gasteiger partial charge in [0.15, 0.2) is 0 Å². The van der Waals surface area contributed by atoms with Gasteiger partial charge in [-0.05, 0) is 25.8 Å². The van der Waals surface area contributed by atoms with E-state index in [0.717, 1.165) is 31.7 Å². The fraction of sp³-hybridized carbons (Fsp3) is 0.714. The van der Waals surface area contributed by atoms with Gasteiger partial charge >= 0.3 is 0 Å². The summed E-state index contributed by atoms with van der Waals surface area (Å²) in [5, 5.41) is 3.15. The Balaban J connectivity index is 2.91. The van der Waals surface area contributed by atoms with Crippen molar-refractivity contribution in [1.82, 2.24) is 9.97 Å². The van der Waals surface area contributed by atoms with Crippen LogP contribution in [0.1, 0.15) is 33.6 Å². The highest BCUT2D eigenvalue weighted by Gasteiger charge is 2.17. The zero-order valence-corrected chi connectivity index (χ0v) is 12.5. The van der Waals surface area contributed by atoms with Gasteiger partial charge in [-0.2, -0.15) is 4.98 Å². The lowest BCUT2D eigenvalue weighted by Crippen LogP contribution is -2.37. The third-order valence-corrected chi connectivity index (χ3v) is 3.19. The van der Waals surface area contributed by atoms with Gasteiger partial charge in [-0.25, -0.2) is 4.98 Å². The molecule has 108 valence electrons. The summed E-state index contributed by atoms with van der Waals surface area (Å²) in [5.41, 5.74) is 0. The Morgan fingerprint density at radius 2 is 2.05 bits per heavy atom. The van der Waals surface area contributed by atoms with Crippen LogP contribution in [-0.4, -0.2) is 42.8 Å². The van der Waals surface area contributed by atoms with E-state index in [1.807, 2.05) is 19.2 Å². The summed E-state index contributed by atoms with van der Waals surface area (Å²) in [5.74, 6) is 1.66. The van der Waals surface area contributed by atoms with Gasteiger partial charge in [-0.1, -0.05) is 13.8 Å². The van der Waals surface area contributed by atoms with Gasteiger partial charge in [-0.15, -0.1) is 0 Å². The van der Waals surface area contributed by atoms with E-state index < -0.39 is 0 Å². The topological polar surface area (TPSA) is 50.3 Å². The number of ether oxygens (including phenoxy) is 1. The molecule has 1 heterocycles. The predicted molar refractivity (Wildman–Crippen MR) is 79.8 cm³/mol. The molecular formula is C14H26N4O. The van der Waals surface area contributed by atoms with Crippen molar-refractivity contribution in [3.8, 4) is 0 Å². The van der Waals surface area contributed by atoms with E-state index in [1.165, 1.54) is 0 Å². The molecule has 0 amide bonds. The third-order valence-electron chi connectivity index (χ3n) is 3.19. The average molecular weight is 266 g/mol. The minimum Gasteiger partial charge on any atom is -0.383 e. The van der Waals surface area contributed by atoms with Crippen LogP contribution in [-0.2, 0) is 4.74 Å². The van der Waals surface area contributed by atoms with Crippen LogP contribution in [0.3, 0.4) is 0 Å². The predicted octanol–water partition coefficient (Wildman–Crippen LogP) is 2.55. The molecule has 0 saturated heterocycles. The number of nitrogens with one attached hydrogen (secondary N) is 1. The lowest BCUT2D eigenvalue weighted by Gasteiger charge is -2.31. The molecule has 1 aromatic rings. The van der Waals surface area contributed by atoms with Crippen LogP contribution in [0.2, 0.25) is 0 Å². The zero-order chi connectivity index (χ0) is 14.1. The van der Waals surface area contributed by atoms with E-state index in [-0.39, 0.29) is 0 Å². The second-order valence-corrected chi connectivity index (χ2v) is 4.43. The van der Waals surface area contributed by atoms with E-state index in [9.17, 15) is 0 Å². The molecule has 19 heavy (non-hydrogen) atoms. The number of hydrogen-bond acceptors (Lipinski definition) is 5. The van der Waals surface area contributed by atoms with Crippen molar-refractivity contribution in [1.29, 1.82) is 0 Å². The first-order valence-electron chi connectivity index (χ1n) is 7.09. The molecule has 5 heteroatoms. The maximum absolute atomic E-state index is 5.21. The van der Waals surface area contributed by atoms with Gasteiger partial charge in [0.1, 0.15) is 5.82 Å². The van der Waals surface area contributed by atoms with Crippen LogP contribution in [0.4, 0.5) is 11.8 Å².